The lowest BCUT2D eigenvalue weighted by atomic mass is 9.92. The van der Waals surface area contributed by atoms with Crippen LogP contribution >= 0.6 is 0 Å². The highest BCUT2D eigenvalue weighted by Gasteiger charge is 2.08. The zero-order valence-electron chi connectivity index (χ0n) is 16.7. The minimum absolute atomic E-state index is 0.983. The van der Waals surface area contributed by atoms with Crippen LogP contribution in [-0.2, 0) is 12.8 Å². The maximum absolute atomic E-state index is 2.33. The van der Waals surface area contributed by atoms with Gasteiger partial charge >= 0.3 is 0 Å². The Hall–Kier alpha value is -3.12. The predicted molar refractivity (Wildman–Crippen MR) is 120 cm³/mol. The largest absolute Gasteiger partial charge is 0.0622 e. The van der Waals surface area contributed by atoms with Crippen molar-refractivity contribution in [3.8, 4) is 11.1 Å². The topological polar surface area (TPSA) is 0 Å². The van der Waals surface area contributed by atoms with Crippen molar-refractivity contribution in [2.75, 3.05) is 0 Å². The molecule has 0 aromatic heterocycles. The summed E-state index contributed by atoms with van der Waals surface area (Å²) in [6.07, 6.45) is 1.97. The van der Waals surface area contributed by atoms with Gasteiger partial charge in [0.05, 0.1) is 0 Å². The van der Waals surface area contributed by atoms with Gasteiger partial charge in [0.25, 0.3) is 0 Å². The van der Waals surface area contributed by atoms with Crippen molar-refractivity contribution in [3.63, 3.8) is 0 Å². The Balaban J connectivity index is 1.56. The van der Waals surface area contributed by atoms with Gasteiger partial charge in [-0.1, -0.05) is 97.1 Å². The van der Waals surface area contributed by atoms with Gasteiger partial charge in [0, 0.05) is 0 Å². The molecule has 0 amide bonds. The summed E-state index contributed by atoms with van der Waals surface area (Å²) in [5.41, 5.74) is 10.8. The molecular weight excluding hydrogens is 336 g/mol. The normalized spacial score (nSPS) is 10.8. The Morgan fingerprint density at radius 3 is 1.18 bits per heavy atom. The summed E-state index contributed by atoms with van der Waals surface area (Å²) in [6, 6.07) is 35.1. The first-order valence-electron chi connectivity index (χ1n) is 9.96. The molecule has 0 radical (unpaired) electrons. The van der Waals surface area contributed by atoms with Gasteiger partial charge in [-0.25, -0.2) is 0 Å². The van der Waals surface area contributed by atoms with Crippen LogP contribution in [0.4, 0.5) is 0 Å². The molecule has 28 heavy (non-hydrogen) atoms. The standard InChI is InChI=1S/C28H26/c1-21-17-25(19-23-9-5-3-6-10-23)13-15-27(21)28-16-14-26(18-22(28)2)20-24-11-7-4-8-12-24/h3-18H,19-20H2,1-2H3. The lowest BCUT2D eigenvalue weighted by molar-refractivity contribution is 1.17. The molecule has 0 heteroatoms. The fourth-order valence-corrected chi connectivity index (χ4v) is 3.94. The number of hydrogen-bond donors (Lipinski definition) is 0. The first-order chi connectivity index (χ1) is 13.7. The number of aryl methyl sites for hydroxylation is 2. The third-order valence-corrected chi connectivity index (χ3v) is 5.37. The van der Waals surface area contributed by atoms with Gasteiger partial charge < -0.3 is 0 Å². The summed E-state index contributed by atoms with van der Waals surface area (Å²) in [5, 5.41) is 0. The molecule has 0 unspecified atom stereocenters. The minimum atomic E-state index is 0.983. The zero-order chi connectivity index (χ0) is 19.3. The van der Waals surface area contributed by atoms with Crippen LogP contribution < -0.4 is 0 Å². The monoisotopic (exact) mass is 362 g/mol. The molecule has 0 nitrogen and oxygen atoms in total. The molecule has 0 spiro atoms. The van der Waals surface area contributed by atoms with Crippen LogP contribution in [0.2, 0.25) is 0 Å². The first-order valence-corrected chi connectivity index (χ1v) is 9.96. The second-order valence-corrected chi connectivity index (χ2v) is 7.62. The Labute approximate surface area is 168 Å². The van der Waals surface area contributed by atoms with E-state index in [4.69, 9.17) is 0 Å². The lowest BCUT2D eigenvalue weighted by Crippen LogP contribution is -1.94. The summed E-state index contributed by atoms with van der Waals surface area (Å²) in [4.78, 5) is 0. The molecule has 0 aliphatic rings. The van der Waals surface area contributed by atoms with Crippen molar-refractivity contribution in [2.24, 2.45) is 0 Å². The molecule has 0 aliphatic carbocycles. The second-order valence-electron chi connectivity index (χ2n) is 7.62. The Morgan fingerprint density at radius 2 is 0.821 bits per heavy atom. The van der Waals surface area contributed by atoms with Crippen LogP contribution in [0.5, 0.6) is 0 Å². The van der Waals surface area contributed by atoms with Crippen LogP contribution in [0.25, 0.3) is 11.1 Å². The van der Waals surface area contributed by atoms with Crippen molar-refractivity contribution >= 4 is 0 Å². The van der Waals surface area contributed by atoms with E-state index in [1.807, 2.05) is 0 Å². The summed E-state index contributed by atoms with van der Waals surface area (Å²) < 4.78 is 0. The van der Waals surface area contributed by atoms with Crippen molar-refractivity contribution in [1.29, 1.82) is 0 Å². The minimum Gasteiger partial charge on any atom is -0.0622 e. The van der Waals surface area contributed by atoms with Crippen LogP contribution in [0.3, 0.4) is 0 Å². The summed E-state index contributed by atoms with van der Waals surface area (Å²) in [5.74, 6) is 0. The van der Waals surface area contributed by atoms with E-state index >= 15 is 0 Å². The molecule has 0 N–H and O–H groups in total. The van der Waals surface area contributed by atoms with Gasteiger partial charge in [0.15, 0.2) is 0 Å². The molecular formula is C28H26. The van der Waals surface area contributed by atoms with Gasteiger partial charge in [-0.15, -0.1) is 0 Å². The highest BCUT2D eigenvalue weighted by atomic mass is 14.1. The van der Waals surface area contributed by atoms with Crippen molar-refractivity contribution in [3.05, 3.63) is 130 Å². The maximum Gasteiger partial charge on any atom is -0.00257 e. The third-order valence-electron chi connectivity index (χ3n) is 5.37. The third kappa shape index (κ3) is 4.23. The average Bonchev–Trinajstić information content (AvgIpc) is 2.71. The first kappa shape index (κ1) is 18.3. The molecule has 4 rings (SSSR count). The Kier molecular flexibility index (Phi) is 5.39. The highest BCUT2D eigenvalue weighted by molar-refractivity contribution is 5.71. The summed E-state index contributed by atoms with van der Waals surface area (Å²) in [6.45, 7) is 4.45. The quantitative estimate of drug-likeness (QED) is 0.353. The van der Waals surface area contributed by atoms with Crippen LogP contribution in [0, 0.1) is 13.8 Å². The Morgan fingerprint density at radius 1 is 0.429 bits per heavy atom. The molecule has 0 saturated carbocycles. The number of rotatable bonds is 5. The molecule has 0 atom stereocenters. The van der Waals surface area contributed by atoms with Gasteiger partial charge in [0.2, 0.25) is 0 Å². The second kappa shape index (κ2) is 8.27. The molecule has 0 heterocycles. The Bertz CT molecular complexity index is 971. The molecule has 0 aliphatic heterocycles. The van der Waals surface area contributed by atoms with E-state index < -0.39 is 0 Å². The molecule has 4 aromatic carbocycles. The van der Waals surface area contributed by atoms with Crippen molar-refractivity contribution in [2.45, 2.75) is 26.7 Å². The zero-order valence-corrected chi connectivity index (χ0v) is 16.7. The van der Waals surface area contributed by atoms with E-state index in [1.54, 1.807) is 0 Å². The van der Waals surface area contributed by atoms with Gasteiger partial charge in [-0.2, -0.15) is 0 Å². The fraction of sp³-hybridized carbons (Fsp3) is 0.143. The van der Waals surface area contributed by atoms with Gasteiger partial charge in [-0.3, -0.25) is 0 Å². The lowest BCUT2D eigenvalue weighted by Gasteiger charge is -2.13. The molecule has 138 valence electrons. The summed E-state index contributed by atoms with van der Waals surface area (Å²) >= 11 is 0. The smallest absolute Gasteiger partial charge is 0.00257 e. The van der Waals surface area contributed by atoms with Crippen LogP contribution in [-0.4, -0.2) is 0 Å². The predicted octanol–water partition coefficient (Wildman–Crippen LogP) is 7.15. The average molecular weight is 363 g/mol. The van der Waals surface area contributed by atoms with Gasteiger partial charge in [-0.05, 0) is 71.2 Å². The maximum atomic E-state index is 2.33. The van der Waals surface area contributed by atoms with E-state index in [9.17, 15) is 0 Å². The number of hydrogen-bond acceptors (Lipinski definition) is 0. The van der Waals surface area contributed by atoms with E-state index in [0.29, 0.717) is 0 Å². The van der Waals surface area contributed by atoms with Crippen LogP contribution in [0.15, 0.2) is 97.1 Å². The molecule has 0 saturated heterocycles. The van der Waals surface area contributed by atoms with E-state index in [-0.39, 0.29) is 0 Å². The fourth-order valence-electron chi connectivity index (χ4n) is 3.94. The number of benzene rings is 4. The van der Waals surface area contributed by atoms with Gasteiger partial charge in [0.1, 0.15) is 0 Å². The summed E-state index contributed by atoms with van der Waals surface area (Å²) in [7, 11) is 0. The van der Waals surface area contributed by atoms with E-state index in [1.165, 1.54) is 44.5 Å². The molecule has 0 bridgehead atoms. The van der Waals surface area contributed by atoms with E-state index in [0.717, 1.165) is 12.8 Å². The molecule has 0 fully saturated rings. The van der Waals surface area contributed by atoms with Crippen molar-refractivity contribution < 1.29 is 0 Å². The highest BCUT2D eigenvalue weighted by Crippen LogP contribution is 2.29. The van der Waals surface area contributed by atoms with E-state index in [2.05, 4.69) is 111 Å². The van der Waals surface area contributed by atoms with Crippen LogP contribution in [0.1, 0.15) is 33.4 Å². The SMILES string of the molecule is Cc1cc(Cc2ccccc2)ccc1-c1ccc(Cc2ccccc2)cc1C. The molecule has 4 aromatic rings. The van der Waals surface area contributed by atoms with Crippen molar-refractivity contribution in [1.82, 2.24) is 0 Å².